The van der Waals surface area contributed by atoms with Gasteiger partial charge in [-0.3, -0.25) is 4.79 Å². The van der Waals surface area contributed by atoms with Crippen molar-refractivity contribution < 1.29 is 9.53 Å². The van der Waals surface area contributed by atoms with E-state index in [1.807, 2.05) is 6.92 Å². The van der Waals surface area contributed by atoms with Crippen LogP contribution in [0, 0.1) is 5.41 Å². The molecule has 1 amide bonds. The number of ether oxygens (including phenoxy) is 1. The van der Waals surface area contributed by atoms with Crippen molar-refractivity contribution in [3.05, 3.63) is 0 Å². The quantitative estimate of drug-likeness (QED) is 0.569. The molecule has 3 atom stereocenters. The van der Waals surface area contributed by atoms with E-state index in [2.05, 4.69) is 0 Å². The summed E-state index contributed by atoms with van der Waals surface area (Å²) in [5.74, 6) is -0.337. The zero-order valence-corrected chi connectivity index (χ0v) is 7.70. The highest BCUT2D eigenvalue weighted by molar-refractivity contribution is 5.81. The molecule has 4 heteroatoms. The molecule has 0 bridgehead atoms. The second-order valence-electron chi connectivity index (χ2n) is 3.97. The maximum Gasteiger partial charge on any atom is 0.225 e. The molecule has 1 saturated heterocycles. The molecule has 0 aromatic rings. The molecule has 0 spiro atoms. The smallest absolute Gasteiger partial charge is 0.225 e. The number of rotatable bonds is 3. The van der Waals surface area contributed by atoms with Crippen molar-refractivity contribution in [1.29, 1.82) is 0 Å². The van der Waals surface area contributed by atoms with E-state index in [4.69, 9.17) is 16.2 Å². The molecule has 70 valence electrons. The van der Waals surface area contributed by atoms with Crippen LogP contribution in [0.1, 0.15) is 20.8 Å². The van der Waals surface area contributed by atoms with Gasteiger partial charge >= 0.3 is 0 Å². The molecular formula is C8H16N2O2. The second kappa shape index (κ2) is 2.71. The van der Waals surface area contributed by atoms with E-state index >= 15 is 0 Å². The van der Waals surface area contributed by atoms with Crippen molar-refractivity contribution >= 4 is 5.91 Å². The van der Waals surface area contributed by atoms with Crippen molar-refractivity contribution in [3.63, 3.8) is 0 Å². The van der Waals surface area contributed by atoms with E-state index in [1.165, 1.54) is 0 Å². The van der Waals surface area contributed by atoms with Gasteiger partial charge in [0, 0.05) is 6.04 Å². The number of hydrogen-bond acceptors (Lipinski definition) is 3. The van der Waals surface area contributed by atoms with Gasteiger partial charge in [-0.2, -0.15) is 0 Å². The summed E-state index contributed by atoms with van der Waals surface area (Å²) in [4.78, 5) is 11.0. The fraction of sp³-hybridized carbons (Fsp3) is 0.875. The first-order chi connectivity index (χ1) is 5.37. The molecule has 0 aromatic carbocycles. The zero-order chi connectivity index (χ0) is 9.52. The van der Waals surface area contributed by atoms with Gasteiger partial charge in [0.25, 0.3) is 0 Å². The van der Waals surface area contributed by atoms with E-state index in [9.17, 15) is 4.79 Å². The summed E-state index contributed by atoms with van der Waals surface area (Å²) in [6.07, 6.45) is -0.109. The predicted molar refractivity (Wildman–Crippen MR) is 45.3 cm³/mol. The predicted octanol–water partition coefficient (Wildman–Crippen LogP) is -0.387. The van der Waals surface area contributed by atoms with Gasteiger partial charge in [0.2, 0.25) is 5.91 Å². The normalized spacial score (nSPS) is 31.3. The molecule has 0 radical (unpaired) electrons. The van der Waals surface area contributed by atoms with Crippen LogP contribution in [0.2, 0.25) is 0 Å². The fourth-order valence-electron chi connectivity index (χ4n) is 1.24. The van der Waals surface area contributed by atoms with Gasteiger partial charge in [-0.1, -0.05) is 0 Å². The molecule has 1 aliphatic heterocycles. The second-order valence-corrected chi connectivity index (χ2v) is 3.97. The highest BCUT2D eigenvalue weighted by atomic mass is 16.6. The number of nitrogens with two attached hydrogens (primary N) is 2. The van der Waals surface area contributed by atoms with Gasteiger partial charge in [0.1, 0.15) is 6.10 Å². The van der Waals surface area contributed by atoms with Crippen LogP contribution in [0.25, 0.3) is 0 Å². The Bertz CT molecular complexity index is 201. The molecule has 12 heavy (non-hydrogen) atoms. The number of epoxide rings is 1. The van der Waals surface area contributed by atoms with E-state index in [1.54, 1.807) is 13.8 Å². The summed E-state index contributed by atoms with van der Waals surface area (Å²) in [6, 6.07) is -0.0337. The average molecular weight is 172 g/mol. The first kappa shape index (κ1) is 9.48. The maximum atomic E-state index is 11.0. The summed E-state index contributed by atoms with van der Waals surface area (Å²) in [7, 11) is 0. The molecule has 1 rings (SSSR count). The fourth-order valence-corrected chi connectivity index (χ4v) is 1.24. The van der Waals surface area contributed by atoms with Crippen LogP contribution >= 0.6 is 0 Å². The number of hydrogen-bond donors (Lipinski definition) is 2. The van der Waals surface area contributed by atoms with Gasteiger partial charge in [-0.05, 0) is 20.8 Å². The Balaban J connectivity index is 2.58. The van der Waals surface area contributed by atoms with Crippen LogP contribution in [0.15, 0.2) is 0 Å². The third-order valence-corrected chi connectivity index (χ3v) is 2.39. The standard InChI is InChI=1S/C8H16N2O2/c1-4(9)5-6(12-5)8(2,3)7(10)11/h4-6H,9H2,1-3H3,(H2,10,11)/t4?,5-,6+/m1/s1. The number of carbonyl (C=O) groups excluding carboxylic acids is 1. The Morgan fingerprint density at radius 1 is 1.58 bits per heavy atom. The van der Waals surface area contributed by atoms with Crippen LogP contribution in [0.3, 0.4) is 0 Å². The Kier molecular flexibility index (Phi) is 2.14. The topological polar surface area (TPSA) is 81.6 Å². The molecule has 0 saturated carbocycles. The Labute approximate surface area is 72.2 Å². The largest absolute Gasteiger partial charge is 0.369 e. The van der Waals surface area contributed by atoms with Crippen LogP contribution in [-0.2, 0) is 9.53 Å². The van der Waals surface area contributed by atoms with E-state index in [0.717, 1.165) is 0 Å². The Morgan fingerprint density at radius 3 is 2.33 bits per heavy atom. The Hall–Kier alpha value is -0.610. The van der Waals surface area contributed by atoms with E-state index in [0.29, 0.717) is 0 Å². The lowest BCUT2D eigenvalue weighted by Gasteiger charge is -2.17. The molecule has 0 aliphatic carbocycles. The monoisotopic (exact) mass is 172 g/mol. The molecule has 1 heterocycles. The van der Waals surface area contributed by atoms with Gasteiger partial charge in [-0.15, -0.1) is 0 Å². The van der Waals surface area contributed by atoms with E-state index < -0.39 is 5.41 Å². The van der Waals surface area contributed by atoms with Crippen molar-refractivity contribution in [2.75, 3.05) is 0 Å². The van der Waals surface area contributed by atoms with Crippen LogP contribution in [0.5, 0.6) is 0 Å². The van der Waals surface area contributed by atoms with Crippen molar-refractivity contribution in [2.45, 2.75) is 39.0 Å². The first-order valence-electron chi connectivity index (χ1n) is 4.08. The molecule has 1 aliphatic rings. The summed E-state index contributed by atoms with van der Waals surface area (Å²) in [5, 5.41) is 0. The minimum absolute atomic E-state index is 0.00694. The van der Waals surface area contributed by atoms with Crippen molar-refractivity contribution in [3.8, 4) is 0 Å². The number of carbonyl (C=O) groups is 1. The SMILES string of the molecule is CC(N)[C@H]1O[C@@H]1C(C)(C)C(N)=O. The van der Waals surface area contributed by atoms with Crippen molar-refractivity contribution in [2.24, 2.45) is 16.9 Å². The summed E-state index contributed by atoms with van der Waals surface area (Å²) in [6.45, 7) is 5.42. The third-order valence-electron chi connectivity index (χ3n) is 2.39. The minimum atomic E-state index is -0.599. The lowest BCUT2D eigenvalue weighted by atomic mass is 9.85. The van der Waals surface area contributed by atoms with Crippen LogP contribution in [-0.4, -0.2) is 24.2 Å². The zero-order valence-electron chi connectivity index (χ0n) is 7.70. The van der Waals surface area contributed by atoms with Gasteiger partial charge in [0.05, 0.1) is 11.5 Å². The van der Waals surface area contributed by atoms with Gasteiger partial charge < -0.3 is 16.2 Å². The molecule has 0 aromatic heterocycles. The Morgan fingerprint density at radius 2 is 2.08 bits per heavy atom. The first-order valence-corrected chi connectivity index (χ1v) is 4.08. The van der Waals surface area contributed by atoms with Gasteiger partial charge in [-0.25, -0.2) is 0 Å². The van der Waals surface area contributed by atoms with Gasteiger partial charge in [0.15, 0.2) is 0 Å². The average Bonchev–Trinajstić information content (AvgIpc) is 2.63. The van der Waals surface area contributed by atoms with Crippen LogP contribution < -0.4 is 11.5 Å². The maximum absolute atomic E-state index is 11.0. The molecule has 4 N–H and O–H groups in total. The van der Waals surface area contributed by atoms with Crippen LogP contribution in [0.4, 0.5) is 0 Å². The molecular weight excluding hydrogens is 156 g/mol. The summed E-state index contributed by atoms with van der Waals surface area (Å²) < 4.78 is 5.28. The highest BCUT2D eigenvalue weighted by Gasteiger charge is 2.54. The number of primary amides is 1. The lowest BCUT2D eigenvalue weighted by molar-refractivity contribution is -0.126. The van der Waals surface area contributed by atoms with E-state index in [-0.39, 0.29) is 24.2 Å². The minimum Gasteiger partial charge on any atom is -0.369 e. The number of amides is 1. The molecule has 4 nitrogen and oxygen atoms in total. The highest BCUT2D eigenvalue weighted by Crippen LogP contribution is 2.39. The summed E-state index contributed by atoms with van der Waals surface area (Å²) in [5.41, 5.74) is 10.2. The molecule has 1 fully saturated rings. The lowest BCUT2D eigenvalue weighted by Crippen LogP contribution is -2.39. The molecule has 1 unspecified atom stereocenters. The van der Waals surface area contributed by atoms with Crippen molar-refractivity contribution in [1.82, 2.24) is 0 Å². The summed E-state index contributed by atoms with van der Waals surface area (Å²) >= 11 is 0. The third kappa shape index (κ3) is 1.44.